The lowest BCUT2D eigenvalue weighted by atomic mass is 9.94. The van der Waals surface area contributed by atoms with E-state index in [0.29, 0.717) is 6.42 Å². The highest BCUT2D eigenvalue weighted by atomic mass is 28.4. The van der Waals surface area contributed by atoms with Gasteiger partial charge in [-0.3, -0.25) is 14.4 Å². The standard InChI is InChI=1S/C41H49NO5Si/c1-40(2,3)48(41(4,5)6,35-25-17-10-18-26-35)47-39(45)36(28-32-21-13-8-14-22-32)42-38(44)34(27-31-19-11-7-12-20-31)29-37(43)46-30-33-23-15-9-16-24-33/h7-26,34,36H,27-30H2,1-6H3,(H,42,44)/t34-,36+/m1/s1. The molecule has 0 heterocycles. The molecule has 0 aliphatic heterocycles. The summed E-state index contributed by atoms with van der Waals surface area (Å²) in [5.74, 6) is -2.11. The second-order valence-corrected chi connectivity index (χ2v) is 19.6. The van der Waals surface area contributed by atoms with E-state index in [1.165, 1.54) is 0 Å². The molecule has 0 radical (unpaired) electrons. The van der Waals surface area contributed by atoms with E-state index in [1.54, 1.807) is 0 Å². The van der Waals surface area contributed by atoms with Crippen LogP contribution in [0.15, 0.2) is 121 Å². The Hall–Kier alpha value is -4.49. The van der Waals surface area contributed by atoms with Gasteiger partial charge < -0.3 is 14.5 Å². The number of rotatable bonds is 13. The van der Waals surface area contributed by atoms with E-state index in [0.717, 1.165) is 21.9 Å². The lowest BCUT2D eigenvalue weighted by Crippen LogP contribution is -2.66. The van der Waals surface area contributed by atoms with Crippen LogP contribution in [-0.4, -0.2) is 32.2 Å². The van der Waals surface area contributed by atoms with Crippen molar-refractivity contribution in [3.8, 4) is 0 Å². The Morgan fingerprint density at radius 1 is 0.625 bits per heavy atom. The van der Waals surface area contributed by atoms with Gasteiger partial charge in [-0.25, -0.2) is 0 Å². The van der Waals surface area contributed by atoms with Crippen LogP contribution < -0.4 is 10.5 Å². The Morgan fingerprint density at radius 3 is 1.54 bits per heavy atom. The molecular formula is C41H49NO5Si. The highest BCUT2D eigenvalue weighted by Crippen LogP contribution is 2.51. The van der Waals surface area contributed by atoms with Crippen LogP contribution in [0.4, 0.5) is 0 Å². The summed E-state index contributed by atoms with van der Waals surface area (Å²) in [6.45, 7) is 12.9. The quantitative estimate of drug-likeness (QED) is 0.117. The maximum absolute atomic E-state index is 14.5. The van der Waals surface area contributed by atoms with Crippen LogP contribution in [0.3, 0.4) is 0 Å². The summed E-state index contributed by atoms with van der Waals surface area (Å²) in [6, 6.07) is 37.7. The maximum Gasteiger partial charge on any atom is 0.316 e. The molecule has 0 spiro atoms. The summed E-state index contributed by atoms with van der Waals surface area (Å²) in [6.07, 6.45) is 0.426. The molecule has 1 N–H and O–H groups in total. The number of hydrogen-bond acceptors (Lipinski definition) is 5. The van der Waals surface area contributed by atoms with E-state index < -0.39 is 38.1 Å². The first kappa shape index (κ1) is 36.3. The number of carbonyl (C=O) groups excluding carboxylic acids is 3. The first-order chi connectivity index (χ1) is 22.8. The van der Waals surface area contributed by atoms with E-state index in [4.69, 9.17) is 9.16 Å². The molecule has 0 unspecified atom stereocenters. The summed E-state index contributed by atoms with van der Waals surface area (Å²) in [5.41, 5.74) is 2.66. The zero-order valence-electron chi connectivity index (χ0n) is 29.1. The van der Waals surface area contributed by atoms with Crippen LogP contribution in [0.5, 0.6) is 0 Å². The molecule has 4 rings (SSSR count). The van der Waals surface area contributed by atoms with Crippen molar-refractivity contribution in [2.24, 2.45) is 5.92 Å². The molecule has 0 bridgehead atoms. The third kappa shape index (κ3) is 9.31. The van der Waals surface area contributed by atoms with Crippen molar-refractivity contribution in [2.75, 3.05) is 0 Å². The summed E-state index contributed by atoms with van der Waals surface area (Å²) in [5, 5.41) is 3.32. The SMILES string of the molecule is CC(C)(C)[Si](OC(=O)[C@H](Cc1ccccc1)NC(=O)[C@@H](CC(=O)OCc1ccccc1)Cc1ccccc1)(c1ccccc1)C(C)(C)C. The van der Waals surface area contributed by atoms with E-state index in [-0.39, 0.29) is 29.5 Å². The molecule has 0 fully saturated rings. The van der Waals surface area contributed by atoms with E-state index in [9.17, 15) is 14.4 Å². The summed E-state index contributed by atoms with van der Waals surface area (Å²) in [4.78, 5) is 41.8. The van der Waals surface area contributed by atoms with Crippen molar-refractivity contribution >= 4 is 31.3 Å². The van der Waals surface area contributed by atoms with Gasteiger partial charge in [0.05, 0.1) is 12.3 Å². The van der Waals surface area contributed by atoms with Gasteiger partial charge in [0.2, 0.25) is 5.91 Å². The fourth-order valence-corrected chi connectivity index (χ4v) is 12.6. The number of carbonyl (C=O) groups is 3. The molecule has 0 saturated carbocycles. The Morgan fingerprint density at radius 2 is 1.06 bits per heavy atom. The minimum absolute atomic E-state index is 0.119. The zero-order valence-corrected chi connectivity index (χ0v) is 30.1. The van der Waals surface area contributed by atoms with Gasteiger partial charge in [0, 0.05) is 6.42 Å². The Balaban J connectivity index is 1.65. The van der Waals surface area contributed by atoms with Crippen LogP contribution in [0, 0.1) is 5.92 Å². The number of hydrogen-bond donors (Lipinski definition) is 1. The van der Waals surface area contributed by atoms with Gasteiger partial charge in [0.1, 0.15) is 12.6 Å². The smallest absolute Gasteiger partial charge is 0.316 e. The average Bonchev–Trinajstić information content (AvgIpc) is 3.06. The van der Waals surface area contributed by atoms with Crippen molar-refractivity contribution in [1.82, 2.24) is 5.32 Å². The first-order valence-corrected chi connectivity index (χ1v) is 18.6. The van der Waals surface area contributed by atoms with E-state index in [2.05, 4.69) is 59.0 Å². The van der Waals surface area contributed by atoms with Crippen LogP contribution in [0.25, 0.3) is 0 Å². The predicted molar refractivity (Wildman–Crippen MR) is 194 cm³/mol. The number of amides is 1. The Bertz CT molecular complexity index is 1600. The third-order valence-electron chi connectivity index (χ3n) is 8.78. The van der Waals surface area contributed by atoms with Gasteiger partial charge >= 0.3 is 11.9 Å². The van der Waals surface area contributed by atoms with Crippen LogP contribution in [-0.2, 0) is 43.0 Å². The molecule has 2 atom stereocenters. The van der Waals surface area contributed by atoms with Crippen molar-refractivity contribution in [3.05, 3.63) is 138 Å². The monoisotopic (exact) mass is 663 g/mol. The highest BCUT2D eigenvalue weighted by Gasteiger charge is 2.59. The molecule has 4 aromatic carbocycles. The maximum atomic E-state index is 14.5. The van der Waals surface area contributed by atoms with Crippen LogP contribution >= 0.6 is 0 Å². The fraction of sp³-hybridized carbons (Fsp3) is 0.341. The van der Waals surface area contributed by atoms with Crippen molar-refractivity contribution < 1.29 is 23.5 Å². The molecule has 0 aliphatic carbocycles. The second-order valence-electron chi connectivity index (χ2n) is 14.5. The third-order valence-corrected chi connectivity index (χ3v) is 14.7. The summed E-state index contributed by atoms with van der Waals surface area (Å²) in [7, 11) is -3.10. The van der Waals surface area contributed by atoms with Crippen molar-refractivity contribution in [1.29, 1.82) is 0 Å². The minimum Gasteiger partial charge on any atom is -0.512 e. The van der Waals surface area contributed by atoms with Crippen molar-refractivity contribution in [3.63, 3.8) is 0 Å². The number of benzene rings is 4. The molecule has 4 aromatic rings. The van der Waals surface area contributed by atoms with Gasteiger partial charge in [0.15, 0.2) is 0 Å². The largest absolute Gasteiger partial charge is 0.512 e. The second kappa shape index (κ2) is 16.1. The van der Waals surface area contributed by atoms with E-state index in [1.807, 2.05) is 109 Å². The van der Waals surface area contributed by atoms with Gasteiger partial charge in [0.25, 0.3) is 8.32 Å². The molecule has 0 aromatic heterocycles. The van der Waals surface area contributed by atoms with E-state index >= 15 is 0 Å². The average molecular weight is 664 g/mol. The zero-order chi connectivity index (χ0) is 34.8. The molecular weight excluding hydrogens is 615 g/mol. The molecule has 0 aliphatic rings. The van der Waals surface area contributed by atoms with Crippen LogP contribution in [0.1, 0.15) is 64.7 Å². The van der Waals surface area contributed by atoms with Gasteiger partial charge in [-0.15, -0.1) is 0 Å². The minimum atomic E-state index is -3.10. The first-order valence-electron chi connectivity index (χ1n) is 16.7. The molecule has 6 nitrogen and oxygen atoms in total. The molecule has 0 saturated heterocycles. The molecule has 48 heavy (non-hydrogen) atoms. The van der Waals surface area contributed by atoms with Crippen molar-refractivity contribution in [2.45, 2.75) is 83.5 Å². The lowest BCUT2D eigenvalue weighted by Gasteiger charge is -2.50. The normalized spacial score (nSPS) is 13.2. The molecule has 252 valence electrons. The predicted octanol–water partition coefficient (Wildman–Crippen LogP) is 7.70. The summed E-state index contributed by atoms with van der Waals surface area (Å²) < 4.78 is 12.4. The number of esters is 1. The van der Waals surface area contributed by atoms with Gasteiger partial charge in [-0.1, -0.05) is 163 Å². The number of nitrogens with one attached hydrogen (secondary N) is 1. The van der Waals surface area contributed by atoms with Gasteiger partial charge in [-0.05, 0) is 38.4 Å². The topological polar surface area (TPSA) is 81.7 Å². The Labute approximate surface area is 287 Å². The lowest BCUT2D eigenvalue weighted by molar-refractivity contribution is -0.148. The Kier molecular flexibility index (Phi) is 12.2. The fourth-order valence-electron chi connectivity index (χ4n) is 6.74. The number of ether oxygens (including phenoxy) is 1. The van der Waals surface area contributed by atoms with Crippen LogP contribution in [0.2, 0.25) is 10.1 Å². The molecule has 1 amide bonds. The van der Waals surface area contributed by atoms with Gasteiger partial charge in [-0.2, -0.15) is 0 Å². The summed E-state index contributed by atoms with van der Waals surface area (Å²) >= 11 is 0. The molecule has 7 heteroatoms. The highest BCUT2D eigenvalue weighted by molar-refractivity contribution is 6.92.